The molecule has 0 radical (unpaired) electrons. The van der Waals surface area contributed by atoms with Crippen LogP contribution in [0.25, 0.3) is 0 Å². The highest BCUT2D eigenvalue weighted by atomic mass is 17.2. The normalized spacial score (nSPS) is 20.8. The third-order valence-electron chi connectivity index (χ3n) is 8.33. The molecule has 0 bridgehead atoms. The number of nitrogens with one attached hydrogen (secondary N) is 2. The lowest BCUT2D eigenvalue weighted by Gasteiger charge is -2.32. The van der Waals surface area contributed by atoms with E-state index in [4.69, 9.17) is 19.1 Å². The maximum atomic E-state index is 13.3. The molecule has 0 aromatic carbocycles. The van der Waals surface area contributed by atoms with E-state index in [1.165, 1.54) is 38.5 Å². The summed E-state index contributed by atoms with van der Waals surface area (Å²) in [7, 11) is 2.04. The van der Waals surface area contributed by atoms with Crippen LogP contribution >= 0.6 is 0 Å². The number of unbranched alkanes of at least 4 members (excludes halogenated alkanes) is 8. The van der Waals surface area contributed by atoms with Crippen molar-refractivity contribution in [3.05, 3.63) is 11.5 Å². The fourth-order valence-electron chi connectivity index (χ4n) is 5.14. The third-order valence-corrected chi connectivity index (χ3v) is 8.33. The molecule has 19 heteroatoms. The summed E-state index contributed by atoms with van der Waals surface area (Å²) in [6.07, 6.45) is 0.935. The summed E-state index contributed by atoms with van der Waals surface area (Å²) in [5.74, 6) is -4.82. The standard InChI is InChI=1S/C31H56N2O17/c1-5-6-7-8-9-10-11-12-13-16-45-18-22(35)46-20-14-15-21(29(38)32-17-20)33-30(39)27(50-44-4)26(49-42)25(48-41)24(47-40)23(36)28(37)31(2,19-34)43-3/h20-21,24-27,34,36-37,40-42H,5-19H2,1-4H3,(H,32,38)(H,33,39)/b28-23+/t20-,21+,24+,25-,26-,27-,31?/m1/s1. The van der Waals surface area contributed by atoms with Gasteiger partial charge in [-0.15, -0.1) is 0 Å². The summed E-state index contributed by atoms with van der Waals surface area (Å²) < 4.78 is 15.8. The smallest absolute Gasteiger partial charge is 0.332 e. The molecule has 1 saturated heterocycles. The highest BCUT2D eigenvalue weighted by molar-refractivity contribution is 5.89. The first-order chi connectivity index (χ1) is 24.0. The van der Waals surface area contributed by atoms with Gasteiger partial charge in [0, 0.05) is 13.7 Å². The van der Waals surface area contributed by atoms with Crippen molar-refractivity contribution in [3.63, 3.8) is 0 Å². The molecule has 0 aromatic rings. The van der Waals surface area contributed by atoms with E-state index in [0.29, 0.717) is 6.61 Å². The van der Waals surface area contributed by atoms with Crippen LogP contribution in [-0.2, 0) is 53.0 Å². The van der Waals surface area contributed by atoms with Crippen LogP contribution in [0.15, 0.2) is 11.5 Å². The summed E-state index contributed by atoms with van der Waals surface area (Å²) in [6, 6.07) is -1.22. The van der Waals surface area contributed by atoms with Gasteiger partial charge in [0.05, 0.1) is 20.3 Å². The molecule has 292 valence electrons. The zero-order valence-electron chi connectivity index (χ0n) is 29.2. The number of ether oxygens (including phenoxy) is 3. The molecule has 1 fully saturated rings. The third kappa shape index (κ3) is 14.9. The van der Waals surface area contributed by atoms with Gasteiger partial charge in [0.1, 0.15) is 24.4 Å². The molecule has 1 unspecified atom stereocenters. The lowest BCUT2D eigenvalue weighted by atomic mass is 9.96. The van der Waals surface area contributed by atoms with Gasteiger partial charge in [-0.2, -0.15) is 0 Å². The first-order valence-corrected chi connectivity index (χ1v) is 16.7. The SMILES string of the molecule is CCCCCCCCCCCOCC(=O)O[C@@H]1CC[C@H](NC(=O)[C@H](OOC)[C@H](OO)[C@H](OO)[C@@H](OO)/C(O)=C(\O)C(C)(CO)OC)C(=O)NC1. The van der Waals surface area contributed by atoms with Crippen molar-refractivity contribution in [1.82, 2.24) is 10.6 Å². The number of aliphatic hydroxyl groups excluding tert-OH is 3. The zero-order valence-corrected chi connectivity index (χ0v) is 29.2. The maximum Gasteiger partial charge on any atom is 0.332 e. The Morgan fingerprint density at radius 1 is 0.920 bits per heavy atom. The number of aliphatic hydroxyl groups is 3. The highest BCUT2D eigenvalue weighted by Crippen LogP contribution is 2.27. The quantitative estimate of drug-likeness (QED) is 0.0198. The van der Waals surface area contributed by atoms with Gasteiger partial charge in [0.25, 0.3) is 5.91 Å². The molecule has 1 aliphatic rings. The number of rotatable bonds is 27. The van der Waals surface area contributed by atoms with Crippen LogP contribution in [0.5, 0.6) is 0 Å². The molecule has 50 heavy (non-hydrogen) atoms. The van der Waals surface area contributed by atoms with Crippen LogP contribution < -0.4 is 10.6 Å². The number of esters is 1. The summed E-state index contributed by atoms with van der Waals surface area (Å²) in [6.45, 7) is 2.58. The predicted octanol–water partition coefficient (Wildman–Crippen LogP) is 2.09. The highest BCUT2D eigenvalue weighted by Gasteiger charge is 2.48. The summed E-state index contributed by atoms with van der Waals surface area (Å²) >= 11 is 0. The van der Waals surface area contributed by atoms with Gasteiger partial charge in [-0.05, 0) is 26.2 Å². The van der Waals surface area contributed by atoms with E-state index in [-0.39, 0.29) is 26.0 Å². The number of hydrogen-bond donors (Lipinski definition) is 8. The minimum atomic E-state index is -2.31. The van der Waals surface area contributed by atoms with Crippen LogP contribution in [0.1, 0.15) is 84.5 Å². The van der Waals surface area contributed by atoms with Crippen molar-refractivity contribution in [2.45, 2.75) is 127 Å². The van der Waals surface area contributed by atoms with Crippen LogP contribution in [0.4, 0.5) is 0 Å². The van der Waals surface area contributed by atoms with Crippen LogP contribution in [0.2, 0.25) is 0 Å². The van der Waals surface area contributed by atoms with Gasteiger partial charge >= 0.3 is 5.97 Å². The van der Waals surface area contributed by atoms with Gasteiger partial charge < -0.3 is 40.2 Å². The molecule has 0 saturated carbocycles. The van der Waals surface area contributed by atoms with Crippen molar-refractivity contribution in [2.24, 2.45) is 0 Å². The Labute approximate surface area is 291 Å². The maximum absolute atomic E-state index is 13.3. The summed E-state index contributed by atoms with van der Waals surface area (Å²) in [4.78, 5) is 60.4. The van der Waals surface area contributed by atoms with Gasteiger partial charge in [-0.3, -0.25) is 25.4 Å². The number of methoxy groups -OCH3 is 1. The fourth-order valence-corrected chi connectivity index (χ4v) is 5.14. The van der Waals surface area contributed by atoms with E-state index in [1.54, 1.807) is 0 Å². The largest absolute Gasteiger partial charge is 0.506 e. The molecule has 1 heterocycles. The lowest BCUT2D eigenvalue weighted by Crippen LogP contribution is -2.57. The van der Waals surface area contributed by atoms with Crippen molar-refractivity contribution in [1.29, 1.82) is 0 Å². The Morgan fingerprint density at radius 3 is 2.06 bits per heavy atom. The summed E-state index contributed by atoms with van der Waals surface area (Å²) in [5.41, 5.74) is -1.94. The predicted molar refractivity (Wildman–Crippen MR) is 171 cm³/mol. The van der Waals surface area contributed by atoms with Crippen molar-refractivity contribution < 1.29 is 84.1 Å². The van der Waals surface area contributed by atoms with E-state index in [9.17, 15) is 45.5 Å². The molecule has 0 spiro atoms. The van der Waals surface area contributed by atoms with E-state index >= 15 is 0 Å². The molecule has 8 N–H and O–H groups in total. The van der Waals surface area contributed by atoms with Crippen molar-refractivity contribution in [2.75, 3.05) is 40.6 Å². The number of amides is 2. The second-order valence-electron chi connectivity index (χ2n) is 12.1. The van der Waals surface area contributed by atoms with E-state index in [1.807, 2.05) is 0 Å². The van der Waals surface area contributed by atoms with E-state index in [2.05, 4.69) is 37.1 Å². The molecular formula is C31H56N2O17. The van der Waals surface area contributed by atoms with Crippen LogP contribution in [0.3, 0.4) is 0 Å². The molecule has 2 amide bonds. The second-order valence-corrected chi connectivity index (χ2v) is 12.1. The molecule has 0 aliphatic carbocycles. The fraction of sp³-hybridized carbons (Fsp3) is 0.839. The summed E-state index contributed by atoms with van der Waals surface area (Å²) in [5, 5.41) is 64.2. The first-order valence-electron chi connectivity index (χ1n) is 16.7. The molecule has 1 aliphatic heterocycles. The number of carbonyl (C=O) groups is 3. The average molecular weight is 729 g/mol. The number of carbonyl (C=O) groups excluding carboxylic acids is 3. The van der Waals surface area contributed by atoms with Gasteiger partial charge in [0.2, 0.25) is 12.0 Å². The van der Waals surface area contributed by atoms with E-state index < -0.39 is 78.1 Å². The Kier molecular flexibility index (Phi) is 22.9. The van der Waals surface area contributed by atoms with Gasteiger partial charge in [0.15, 0.2) is 29.8 Å². The van der Waals surface area contributed by atoms with Crippen molar-refractivity contribution >= 4 is 17.8 Å². The van der Waals surface area contributed by atoms with Crippen LogP contribution in [0, 0.1) is 0 Å². The zero-order chi connectivity index (χ0) is 37.5. The molecular weight excluding hydrogens is 672 g/mol. The topological polar surface area (TPSA) is 270 Å². The molecule has 7 atom stereocenters. The monoisotopic (exact) mass is 728 g/mol. The Balaban J connectivity index is 2.78. The number of hydrogen-bond acceptors (Lipinski definition) is 17. The molecule has 1 rings (SSSR count). The Morgan fingerprint density at radius 2 is 1.52 bits per heavy atom. The Bertz CT molecular complexity index is 1010. The van der Waals surface area contributed by atoms with Crippen molar-refractivity contribution in [3.8, 4) is 0 Å². The molecule has 19 nitrogen and oxygen atoms in total. The minimum absolute atomic E-state index is 0.0182. The van der Waals surface area contributed by atoms with Crippen LogP contribution in [-0.4, -0.2) is 132 Å². The minimum Gasteiger partial charge on any atom is -0.506 e. The Hall–Kier alpha value is -2.69. The lowest BCUT2D eigenvalue weighted by molar-refractivity contribution is -0.419. The average Bonchev–Trinajstić information content (AvgIpc) is 3.28. The second kappa shape index (κ2) is 25.3. The molecule has 0 aromatic heterocycles. The van der Waals surface area contributed by atoms with Gasteiger partial charge in [-0.25, -0.2) is 29.2 Å². The van der Waals surface area contributed by atoms with Gasteiger partial charge in [-0.1, -0.05) is 58.3 Å². The first kappa shape index (κ1) is 45.3. The van der Waals surface area contributed by atoms with E-state index in [0.717, 1.165) is 40.4 Å².